The van der Waals surface area contributed by atoms with E-state index in [0.29, 0.717) is 40.9 Å². The number of benzene rings is 2. The Morgan fingerprint density at radius 1 is 1.15 bits per heavy atom. The molecule has 1 atom stereocenters. The second-order valence-electron chi connectivity index (χ2n) is 10.9. The summed E-state index contributed by atoms with van der Waals surface area (Å²) in [6, 6.07) is 12.9. The summed E-state index contributed by atoms with van der Waals surface area (Å²) < 4.78 is 20.6. The van der Waals surface area contributed by atoms with Crippen molar-refractivity contribution in [1.29, 1.82) is 0 Å². The number of ether oxygens (including phenoxy) is 1. The quantitative estimate of drug-likeness (QED) is 0.371. The van der Waals surface area contributed by atoms with Crippen LogP contribution in [0.1, 0.15) is 55.6 Å². The molecule has 0 spiro atoms. The first-order valence-corrected chi connectivity index (χ1v) is 13.2. The summed E-state index contributed by atoms with van der Waals surface area (Å²) in [7, 11) is 0. The molecule has 3 heterocycles. The molecule has 2 amide bonds. The van der Waals surface area contributed by atoms with Crippen molar-refractivity contribution >= 4 is 28.9 Å². The molecule has 1 fully saturated rings. The molecule has 1 aliphatic heterocycles. The Balaban J connectivity index is 1.43. The van der Waals surface area contributed by atoms with Crippen LogP contribution in [0.15, 0.2) is 54.9 Å². The van der Waals surface area contributed by atoms with E-state index in [1.54, 1.807) is 39.9 Å². The van der Waals surface area contributed by atoms with E-state index in [0.717, 1.165) is 18.4 Å². The average molecular weight is 546 g/mol. The van der Waals surface area contributed by atoms with Crippen LogP contribution in [0.2, 0.25) is 0 Å². The van der Waals surface area contributed by atoms with E-state index in [4.69, 9.17) is 15.6 Å². The van der Waals surface area contributed by atoms with Gasteiger partial charge < -0.3 is 20.7 Å². The van der Waals surface area contributed by atoms with E-state index in [2.05, 4.69) is 15.3 Å². The Kier molecular flexibility index (Phi) is 7.38. The molecular formula is C29H32FN7O3. The Morgan fingerprint density at radius 2 is 1.93 bits per heavy atom. The summed E-state index contributed by atoms with van der Waals surface area (Å²) in [5.74, 6) is -0.333. The van der Waals surface area contributed by atoms with Crippen LogP contribution >= 0.6 is 0 Å². The van der Waals surface area contributed by atoms with Crippen LogP contribution in [-0.4, -0.2) is 55.3 Å². The number of hydrogen-bond donors (Lipinski definition) is 2. The predicted octanol–water partition coefficient (Wildman–Crippen LogP) is 4.72. The molecule has 1 saturated heterocycles. The average Bonchev–Trinajstić information content (AvgIpc) is 3.33. The zero-order chi connectivity index (χ0) is 28.4. The zero-order valence-electron chi connectivity index (χ0n) is 22.7. The van der Waals surface area contributed by atoms with Crippen LogP contribution in [0, 0.1) is 5.82 Å². The summed E-state index contributed by atoms with van der Waals surface area (Å²) in [5.41, 5.74) is 8.73. The number of rotatable bonds is 5. The Hall–Kier alpha value is -4.54. The number of hydrogen-bond acceptors (Lipinski definition) is 7. The van der Waals surface area contributed by atoms with Crippen LogP contribution in [0.4, 0.5) is 15.0 Å². The van der Waals surface area contributed by atoms with Gasteiger partial charge in [-0.3, -0.25) is 4.79 Å². The largest absolute Gasteiger partial charge is 0.444 e. The molecule has 11 heteroatoms. The number of amides is 2. The highest BCUT2D eigenvalue weighted by Gasteiger charge is 2.31. The number of halogens is 1. The van der Waals surface area contributed by atoms with Crippen LogP contribution in [0.3, 0.4) is 0 Å². The fraction of sp³-hybridized carbons (Fsp3) is 0.345. The van der Waals surface area contributed by atoms with E-state index in [-0.39, 0.29) is 36.2 Å². The van der Waals surface area contributed by atoms with Gasteiger partial charge in [0.1, 0.15) is 29.3 Å². The van der Waals surface area contributed by atoms with Gasteiger partial charge in [-0.2, -0.15) is 5.10 Å². The smallest absolute Gasteiger partial charge is 0.410 e. The summed E-state index contributed by atoms with van der Waals surface area (Å²) >= 11 is 0. The lowest BCUT2D eigenvalue weighted by Crippen LogP contribution is -2.43. The lowest BCUT2D eigenvalue weighted by molar-refractivity contribution is 0.0169. The zero-order valence-corrected chi connectivity index (χ0v) is 22.7. The third kappa shape index (κ3) is 5.88. The first-order chi connectivity index (χ1) is 19.1. The van der Waals surface area contributed by atoms with Gasteiger partial charge >= 0.3 is 6.09 Å². The van der Waals surface area contributed by atoms with Gasteiger partial charge in [0.15, 0.2) is 5.65 Å². The van der Waals surface area contributed by atoms with Gasteiger partial charge in [-0.05, 0) is 63.4 Å². The second-order valence-corrected chi connectivity index (χ2v) is 10.9. The summed E-state index contributed by atoms with van der Waals surface area (Å²) in [6.45, 7) is 6.81. The number of nitrogen functional groups attached to an aromatic ring is 1. The summed E-state index contributed by atoms with van der Waals surface area (Å²) in [6.07, 6.45) is 2.62. The maximum atomic E-state index is 13.2. The molecule has 5 rings (SSSR count). The fourth-order valence-corrected chi connectivity index (χ4v) is 4.79. The van der Waals surface area contributed by atoms with Crippen molar-refractivity contribution in [2.75, 3.05) is 18.8 Å². The van der Waals surface area contributed by atoms with Gasteiger partial charge in [0.2, 0.25) is 0 Å². The molecule has 0 unspecified atom stereocenters. The van der Waals surface area contributed by atoms with Gasteiger partial charge in [-0.15, -0.1) is 0 Å². The van der Waals surface area contributed by atoms with Crippen molar-refractivity contribution < 1.29 is 18.7 Å². The lowest BCUT2D eigenvalue weighted by Gasteiger charge is -2.34. The molecule has 2 aromatic carbocycles. The highest BCUT2D eigenvalue weighted by molar-refractivity contribution is 6.00. The number of likely N-dealkylation sites (tertiary alicyclic amines) is 1. The first kappa shape index (κ1) is 27.0. The van der Waals surface area contributed by atoms with Crippen molar-refractivity contribution in [3.05, 3.63) is 71.8 Å². The molecule has 40 heavy (non-hydrogen) atoms. The number of carbonyl (C=O) groups is 2. The number of fused-ring (bicyclic) bond motifs is 1. The molecule has 0 saturated carbocycles. The van der Waals surface area contributed by atoms with Crippen LogP contribution < -0.4 is 11.1 Å². The van der Waals surface area contributed by atoms with Crippen LogP contribution in [0.5, 0.6) is 0 Å². The molecule has 2 aromatic heterocycles. The third-order valence-corrected chi connectivity index (χ3v) is 6.68. The third-order valence-electron chi connectivity index (χ3n) is 6.68. The number of piperidine rings is 1. The Labute approximate surface area is 231 Å². The molecule has 208 valence electrons. The maximum Gasteiger partial charge on any atom is 0.410 e. The lowest BCUT2D eigenvalue weighted by atomic mass is 10.1. The van der Waals surface area contributed by atoms with Gasteiger partial charge in [0, 0.05) is 30.8 Å². The van der Waals surface area contributed by atoms with E-state index in [1.807, 2.05) is 26.8 Å². The highest BCUT2D eigenvalue weighted by atomic mass is 19.1. The SMILES string of the molecule is CC(C)(C)OC(=O)N1CCC[C@@H](n2nc(-c3cccc(C(=O)NCc4ccc(F)cc4)c3)c3c(N)ncnc32)C1. The molecule has 0 bridgehead atoms. The number of nitrogens with zero attached hydrogens (tertiary/aromatic N) is 5. The minimum absolute atomic E-state index is 0.144. The van der Waals surface area contributed by atoms with Crippen molar-refractivity contribution in [2.24, 2.45) is 0 Å². The monoisotopic (exact) mass is 545 g/mol. The van der Waals surface area contributed by atoms with E-state index >= 15 is 0 Å². The van der Waals surface area contributed by atoms with Gasteiger partial charge in [-0.25, -0.2) is 23.8 Å². The Morgan fingerprint density at radius 3 is 2.67 bits per heavy atom. The van der Waals surface area contributed by atoms with E-state index < -0.39 is 5.60 Å². The summed E-state index contributed by atoms with van der Waals surface area (Å²) in [5, 5.41) is 8.35. The normalized spacial score (nSPS) is 15.7. The molecule has 4 aromatic rings. The minimum Gasteiger partial charge on any atom is -0.444 e. The topological polar surface area (TPSA) is 128 Å². The van der Waals surface area contributed by atoms with Crippen molar-refractivity contribution in [3.63, 3.8) is 0 Å². The van der Waals surface area contributed by atoms with Crippen LogP contribution in [-0.2, 0) is 11.3 Å². The number of nitrogens with two attached hydrogens (primary N) is 1. The van der Waals surface area contributed by atoms with Crippen molar-refractivity contribution in [3.8, 4) is 11.3 Å². The predicted molar refractivity (Wildman–Crippen MR) is 149 cm³/mol. The number of aromatic nitrogens is 4. The molecular weight excluding hydrogens is 513 g/mol. The standard InChI is InChI=1S/C29H32FN7O3/c1-29(2,3)40-28(39)36-13-5-8-22(16-36)37-26-23(25(31)33-17-34-26)24(35-37)19-6-4-7-20(14-19)27(38)32-15-18-9-11-21(30)12-10-18/h4,6-7,9-12,14,17,22H,5,8,13,15-16H2,1-3H3,(H,32,38)(H2,31,33,34)/t22-/m1/s1. The number of carbonyl (C=O) groups excluding carboxylic acids is 2. The van der Waals surface area contributed by atoms with Gasteiger partial charge in [0.05, 0.1) is 11.4 Å². The molecule has 1 aliphatic rings. The fourth-order valence-electron chi connectivity index (χ4n) is 4.79. The second kappa shape index (κ2) is 10.9. The van der Waals surface area contributed by atoms with Crippen molar-refractivity contribution in [1.82, 2.24) is 30.0 Å². The highest BCUT2D eigenvalue weighted by Crippen LogP contribution is 2.34. The minimum atomic E-state index is -0.590. The van der Waals surface area contributed by atoms with E-state index in [1.165, 1.54) is 18.5 Å². The number of nitrogens with one attached hydrogen (secondary N) is 1. The van der Waals surface area contributed by atoms with Crippen molar-refractivity contribution in [2.45, 2.75) is 51.8 Å². The Bertz CT molecular complexity index is 1550. The molecule has 0 aliphatic carbocycles. The molecule has 10 nitrogen and oxygen atoms in total. The first-order valence-electron chi connectivity index (χ1n) is 13.2. The summed E-state index contributed by atoms with van der Waals surface area (Å²) in [4.78, 5) is 36.1. The molecule has 0 radical (unpaired) electrons. The maximum absolute atomic E-state index is 13.2. The number of anilines is 1. The van der Waals surface area contributed by atoms with Crippen LogP contribution in [0.25, 0.3) is 22.3 Å². The van der Waals surface area contributed by atoms with E-state index in [9.17, 15) is 14.0 Å². The van der Waals surface area contributed by atoms with Gasteiger partial charge in [0.25, 0.3) is 5.91 Å². The van der Waals surface area contributed by atoms with Gasteiger partial charge in [-0.1, -0.05) is 24.3 Å². The molecule has 3 N–H and O–H groups in total.